The van der Waals surface area contributed by atoms with Crippen LogP contribution in [0.4, 0.5) is 8.78 Å². The van der Waals surface area contributed by atoms with Crippen LogP contribution in [-0.2, 0) is 13.1 Å². The van der Waals surface area contributed by atoms with Crippen molar-refractivity contribution in [3.8, 4) is 0 Å². The van der Waals surface area contributed by atoms with Crippen LogP contribution < -0.4 is 0 Å². The van der Waals surface area contributed by atoms with Crippen LogP contribution in [0, 0.1) is 17.6 Å². The lowest BCUT2D eigenvalue weighted by Crippen LogP contribution is -2.34. The maximum Gasteiger partial charge on any atom is 0.254 e. The van der Waals surface area contributed by atoms with Crippen molar-refractivity contribution in [1.82, 2.24) is 14.5 Å². The van der Waals surface area contributed by atoms with E-state index in [1.54, 1.807) is 23.2 Å². The molecule has 0 aliphatic carbocycles. The van der Waals surface area contributed by atoms with E-state index in [1.807, 2.05) is 24.6 Å². The lowest BCUT2D eigenvalue weighted by atomic mass is 10.1. The van der Waals surface area contributed by atoms with Crippen LogP contribution in [0.3, 0.4) is 0 Å². The lowest BCUT2D eigenvalue weighted by molar-refractivity contribution is 0.0716. The fraction of sp³-hybridized carbons (Fsp3) is 0.273. The second kappa shape index (κ2) is 8.78. The molecule has 28 heavy (non-hydrogen) atoms. The van der Waals surface area contributed by atoms with Crippen LogP contribution in [0.5, 0.6) is 0 Å². The summed E-state index contributed by atoms with van der Waals surface area (Å²) in [5.74, 6) is 0.194. The molecule has 0 atom stereocenters. The zero-order valence-corrected chi connectivity index (χ0v) is 16.0. The van der Waals surface area contributed by atoms with Gasteiger partial charge < -0.3 is 9.47 Å². The largest absolute Gasteiger partial charge is 0.331 e. The molecule has 3 rings (SSSR count). The molecule has 2 aromatic carbocycles. The summed E-state index contributed by atoms with van der Waals surface area (Å²) in [5, 5.41) is 0. The zero-order valence-electron chi connectivity index (χ0n) is 16.0. The average Bonchev–Trinajstić information content (AvgIpc) is 3.09. The van der Waals surface area contributed by atoms with Crippen molar-refractivity contribution in [2.24, 2.45) is 5.92 Å². The van der Waals surface area contributed by atoms with Gasteiger partial charge in [-0.15, -0.1) is 0 Å². The standard InChI is InChI=1S/C22H23F2N3O/c1-16(2)13-27(22(28)18-5-9-20(24)10-6-18)15-21-25-11-12-26(21)14-17-3-7-19(23)8-4-17/h3-12,16H,13-15H2,1-2H3. The van der Waals surface area contributed by atoms with E-state index >= 15 is 0 Å². The molecule has 146 valence electrons. The monoisotopic (exact) mass is 383 g/mol. The highest BCUT2D eigenvalue weighted by molar-refractivity contribution is 5.94. The molecule has 0 aliphatic heterocycles. The van der Waals surface area contributed by atoms with Crippen LogP contribution in [-0.4, -0.2) is 26.9 Å². The fourth-order valence-electron chi connectivity index (χ4n) is 3.03. The van der Waals surface area contributed by atoms with Gasteiger partial charge in [-0.05, 0) is 47.9 Å². The fourth-order valence-corrected chi connectivity index (χ4v) is 3.03. The summed E-state index contributed by atoms with van der Waals surface area (Å²) in [5.41, 5.74) is 1.39. The number of hydrogen-bond donors (Lipinski definition) is 0. The SMILES string of the molecule is CC(C)CN(Cc1nccn1Cc1ccc(F)cc1)C(=O)c1ccc(F)cc1. The predicted molar refractivity (Wildman–Crippen MR) is 104 cm³/mol. The number of carbonyl (C=O) groups is 1. The van der Waals surface area contributed by atoms with Gasteiger partial charge in [0.2, 0.25) is 0 Å². The number of rotatable bonds is 7. The molecule has 0 saturated heterocycles. The Bertz CT molecular complexity index is 918. The van der Waals surface area contributed by atoms with E-state index in [0.29, 0.717) is 25.2 Å². The maximum absolute atomic E-state index is 13.2. The van der Waals surface area contributed by atoms with Gasteiger partial charge in [0.05, 0.1) is 6.54 Å². The molecule has 0 aliphatic rings. The van der Waals surface area contributed by atoms with E-state index in [4.69, 9.17) is 0 Å². The molecule has 3 aromatic rings. The normalized spacial score (nSPS) is 11.0. The molecule has 0 bridgehead atoms. The predicted octanol–water partition coefficient (Wildman–Crippen LogP) is 4.51. The van der Waals surface area contributed by atoms with Crippen molar-refractivity contribution >= 4 is 5.91 Å². The van der Waals surface area contributed by atoms with Crippen LogP contribution in [0.15, 0.2) is 60.9 Å². The van der Waals surface area contributed by atoms with Crippen LogP contribution in [0.2, 0.25) is 0 Å². The van der Waals surface area contributed by atoms with E-state index in [-0.39, 0.29) is 23.5 Å². The Hall–Kier alpha value is -3.02. The molecule has 6 heteroatoms. The first-order valence-electron chi connectivity index (χ1n) is 9.21. The summed E-state index contributed by atoms with van der Waals surface area (Å²) >= 11 is 0. The zero-order chi connectivity index (χ0) is 20.1. The number of aromatic nitrogens is 2. The first-order valence-corrected chi connectivity index (χ1v) is 9.21. The van der Waals surface area contributed by atoms with Gasteiger partial charge in [-0.1, -0.05) is 26.0 Å². The third-order valence-electron chi connectivity index (χ3n) is 4.36. The number of halogens is 2. The van der Waals surface area contributed by atoms with Gasteiger partial charge >= 0.3 is 0 Å². The minimum absolute atomic E-state index is 0.162. The number of nitrogens with zero attached hydrogens (tertiary/aromatic N) is 3. The molecule has 0 radical (unpaired) electrons. The molecule has 0 N–H and O–H groups in total. The van der Waals surface area contributed by atoms with Crippen molar-refractivity contribution in [1.29, 1.82) is 0 Å². The number of hydrogen-bond acceptors (Lipinski definition) is 2. The average molecular weight is 383 g/mol. The van der Waals surface area contributed by atoms with Gasteiger partial charge in [0, 0.05) is 31.0 Å². The minimum atomic E-state index is -0.373. The molecule has 0 fully saturated rings. The van der Waals surface area contributed by atoms with E-state index in [9.17, 15) is 13.6 Å². The second-order valence-electron chi connectivity index (χ2n) is 7.18. The number of imidazole rings is 1. The Morgan fingerprint density at radius 2 is 1.64 bits per heavy atom. The maximum atomic E-state index is 13.2. The van der Waals surface area contributed by atoms with E-state index in [1.165, 1.54) is 36.4 Å². The van der Waals surface area contributed by atoms with Crippen molar-refractivity contribution in [2.75, 3.05) is 6.54 Å². The van der Waals surface area contributed by atoms with Crippen molar-refractivity contribution in [3.05, 3.63) is 89.5 Å². The van der Waals surface area contributed by atoms with Crippen molar-refractivity contribution in [3.63, 3.8) is 0 Å². The summed E-state index contributed by atoms with van der Waals surface area (Å²) in [6, 6.07) is 11.9. The number of amides is 1. The van der Waals surface area contributed by atoms with Gasteiger partial charge in [-0.2, -0.15) is 0 Å². The molecular formula is C22H23F2N3O. The highest BCUT2D eigenvalue weighted by atomic mass is 19.1. The molecule has 1 amide bonds. The summed E-state index contributed by atoms with van der Waals surface area (Å²) in [6.07, 6.45) is 3.53. The molecule has 0 unspecified atom stereocenters. The smallest absolute Gasteiger partial charge is 0.254 e. The van der Waals surface area contributed by atoms with Gasteiger partial charge in [0.25, 0.3) is 5.91 Å². The Kier molecular flexibility index (Phi) is 6.19. The van der Waals surface area contributed by atoms with Gasteiger partial charge in [0.15, 0.2) is 0 Å². The Morgan fingerprint density at radius 1 is 1.04 bits per heavy atom. The number of benzene rings is 2. The lowest BCUT2D eigenvalue weighted by Gasteiger charge is -2.25. The van der Waals surface area contributed by atoms with Gasteiger partial charge in [-0.25, -0.2) is 13.8 Å². The van der Waals surface area contributed by atoms with Crippen LogP contribution in [0.1, 0.15) is 35.6 Å². The molecule has 0 spiro atoms. The van der Waals surface area contributed by atoms with Crippen molar-refractivity contribution in [2.45, 2.75) is 26.9 Å². The topological polar surface area (TPSA) is 38.1 Å². The molecule has 0 saturated carbocycles. The molecular weight excluding hydrogens is 360 g/mol. The molecule has 1 aromatic heterocycles. The first kappa shape index (κ1) is 19.7. The van der Waals surface area contributed by atoms with E-state index < -0.39 is 0 Å². The van der Waals surface area contributed by atoms with E-state index in [2.05, 4.69) is 4.98 Å². The molecule has 4 nitrogen and oxygen atoms in total. The second-order valence-corrected chi connectivity index (χ2v) is 7.18. The highest BCUT2D eigenvalue weighted by Gasteiger charge is 2.19. The quantitative estimate of drug-likeness (QED) is 0.602. The summed E-state index contributed by atoms with van der Waals surface area (Å²) in [6.45, 7) is 5.50. The van der Waals surface area contributed by atoms with Gasteiger partial charge in [-0.3, -0.25) is 4.79 Å². The first-order chi connectivity index (χ1) is 13.4. The summed E-state index contributed by atoms with van der Waals surface area (Å²) in [4.78, 5) is 19.1. The van der Waals surface area contributed by atoms with E-state index in [0.717, 1.165) is 11.4 Å². The number of carbonyl (C=O) groups excluding carboxylic acids is 1. The Balaban J connectivity index is 1.79. The summed E-state index contributed by atoms with van der Waals surface area (Å²) < 4.78 is 28.3. The Morgan fingerprint density at radius 3 is 2.25 bits per heavy atom. The highest BCUT2D eigenvalue weighted by Crippen LogP contribution is 2.14. The van der Waals surface area contributed by atoms with Crippen molar-refractivity contribution < 1.29 is 13.6 Å². The van der Waals surface area contributed by atoms with Gasteiger partial charge in [0.1, 0.15) is 17.5 Å². The van der Waals surface area contributed by atoms with Crippen LogP contribution in [0.25, 0.3) is 0 Å². The molecule has 1 heterocycles. The minimum Gasteiger partial charge on any atom is -0.331 e. The third kappa shape index (κ3) is 5.03. The van der Waals surface area contributed by atoms with Crippen LogP contribution >= 0.6 is 0 Å². The summed E-state index contributed by atoms with van der Waals surface area (Å²) in [7, 11) is 0. The Labute approximate surface area is 163 Å². The third-order valence-corrected chi connectivity index (χ3v) is 4.36.